The van der Waals surface area contributed by atoms with E-state index >= 15 is 0 Å². The molecule has 0 spiro atoms. The minimum Gasteiger partial charge on any atom is -0.480 e. The molecule has 0 bridgehead atoms. The number of carbonyl (C=O) groups excluding carboxylic acids is 3. The fourth-order valence-electron chi connectivity index (χ4n) is 5.68. The van der Waals surface area contributed by atoms with Gasteiger partial charge in [0.1, 0.15) is 23.8 Å². The van der Waals surface area contributed by atoms with Gasteiger partial charge >= 0.3 is 5.97 Å². The summed E-state index contributed by atoms with van der Waals surface area (Å²) in [5, 5.41) is 15.6. The minimum atomic E-state index is -0.997. The van der Waals surface area contributed by atoms with Crippen LogP contribution in [0.15, 0.2) is 18.6 Å². The van der Waals surface area contributed by atoms with Gasteiger partial charge in [-0.25, -0.2) is 9.78 Å². The Hall–Kier alpha value is -3.04. The van der Waals surface area contributed by atoms with Crippen molar-refractivity contribution in [2.45, 2.75) is 84.8 Å². The van der Waals surface area contributed by atoms with Crippen LogP contribution in [-0.4, -0.2) is 68.3 Å². The van der Waals surface area contributed by atoms with Crippen molar-refractivity contribution in [1.82, 2.24) is 25.5 Å². The van der Waals surface area contributed by atoms with E-state index in [2.05, 4.69) is 20.6 Å². The van der Waals surface area contributed by atoms with Crippen molar-refractivity contribution in [3.63, 3.8) is 0 Å². The Balaban J connectivity index is 1.84. The first kappa shape index (κ1) is 27.5. The summed E-state index contributed by atoms with van der Waals surface area (Å²) in [6.45, 7) is 9.79. The number of aromatic nitrogens is 2. The molecule has 1 saturated carbocycles. The third-order valence-electron chi connectivity index (χ3n) is 7.71. The first-order chi connectivity index (χ1) is 17.0. The topological polar surface area (TPSA) is 142 Å². The fraction of sp³-hybridized carbons (Fsp3) is 0.692. The van der Waals surface area contributed by atoms with Crippen molar-refractivity contribution in [3.05, 3.63) is 24.3 Å². The first-order valence-corrected chi connectivity index (χ1v) is 12.9. The van der Waals surface area contributed by atoms with E-state index in [0.29, 0.717) is 19.4 Å². The summed E-state index contributed by atoms with van der Waals surface area (Å²) >= 11 is 0. The second-order valence-corrected chi connectivity index (χ2v) is 11.1. The van der Waals surface area contributed by atoms with Crippen LogP contribution in [0.4, 0.5) is 0 Å². The van der Waals surface area contributed by atoms with E-state index in [4.69, 9.17) is 0 Å². The molecule has 198 valence electrons. The maximum absolute atomic E-state index is 13.8. The van der Waals surface area contributed by atoms with Gasteiger partial charge < -0.3 is 20.6 Å². The Kier molecular flexibility index (Phi) is 8.68. The number of nitrogens with one attached hydrogen (secondary N) is 2. The maximum Gasteiger partial charge on any atom is 0.326 e. The van der Waals surface area contributed by atoms with E-state index in [9.17, 15) is 24.3 Å². The lowest BCUT2D eigenvalue weighted by Crippen LogP contribution is -2.61. The highest BCUT2D eigenvalue weighted by atomic mass is 16.4. The Bertz CT molecular complexity index is 959. The Labute approximate surface area is 212 Å². The van der Waals surface area contributed by atoms with Crippen molar-refractivity contribution in [1.29, 1.82) is 0 Å². The number of amides is 3. The van der Waals surface area contributed by atoms with Crippen LogP contribution in [0.3, 0.4) is 0 Å². The van der Waals surface area contributed by atoms with Crippen LogP contribution >= 0.6 is 0 Å². The zero-order valence-electron chi connectivity index (χ0n) is 21.9. The summed E-state index contributed by atoms with van der Waals surface area (Å²) < 4.78 is 0. The molecule has 1 aliphatic heterocycles. The second-order valence-electron chi connectivity index (χ2n) is 11.1. The average Bonchev–Trinajstić information content (AvgIpc) is 3.43. The maximum atomic E-state index is 13.8. The number of aliphatic carboxylic acids is 1. The summed E-state index contributed by atoms with van der Waals surface area (Å²) in [5.74, 6) is -2.42. The van der Waals surface area contributed by atoms with E-state index in [-0.39, 0.29) is 29.4 Å². The van der Waals surface area contributed by atoms with Gasteiger partial charge in [0, 0.05) is 18.9 Å². The second kappa shape index (κ2) is 11.3. The van der Waals surface area contributed by atoms with Gasteiger partial charge in [0.25, 0.3) is 5.91 Å². The van der Waals surface area contributed by atoms with Gasteiger partial charge in [0.15, 0.2) is 0 Å². The van der Waals surface area contributed by atoms with Crippen molar-refractivity contribution in [2.24, 2.45) is 23.2 Å². The van der Waals surface area contributed by atoms with Crippen molar-refractivity contribution in [3.8, 4) is 0 Å². The molecule has 1 aromatic rings. The molecule has 1 aromatic heterocycles. The van der Waals surface area contributed by atoms with Gasteiger partial charge in [0.05, 0.1) is 6.20 Å². The number of nitrogens with zero attached hydrogens (tertiary/aromatic N) is 3. The van der Waals surface area contributed by atoms with E-state index in [1.807, 2.05) is 34.6 Å². The number of hydrogen-bond donors (Lipinski definition) is 3. The first-order valence-electron chi connectivity index (χ1n) is 12.9. The molecular weight excluding hydrogens is 462 g/mol. The van der Waals surface area contributed by atoms with Crippen LogP contribution in [0, 0.1) is 23.2 Å². The molecule has 3 amide bonds. The van der Waals surface area contributed by atoms with Gasteiger partial charge in [0.2, 0.25) is 11.8 Å². The highest BCUT2D eigenvalue weighted by Crippen LogP contribution is 2.43. The highest BCUT2D eigenvalue weighted by molar-refractivity contribution is 5.97. The molecule has 1 saturated heterocycles. The Morgan fingerprint density at radius 3 is 2.36 bits per heavy atom. The molecule has 10 nitrogen and oxygen atoms in total. The van der Waals surface area contributed by atoms with Crippen molar-refractivity contribution < 1.29 is 24.3 Å². The lowest BCUT2D eigenvalue weighted by atomic mass is 9.84. The fourth-order valence-corrected chi connectivity index (χ4v) is 5.68. The quantitative estimate of drug-likeness (QED) is 0.471. The van der Waals surface area contributed by atoms with Gasteiger partial charge in [-0.3, -0.25) is 19.4 Å². The van der Waals surface area contributed by atoms with Gasteiger partial charge in [-0.1, -0.05) is 53.9 Å². The Morgan fingerprint density at radius 2 is 1.81 bits per heavy atom. The number of fused-ring (bicyclic) bond motifs is 1. The number of carbonyl (C=O) groups is 4. The zero-order valence-corrected chi connectivity index (χ0v) is 21.9. The van der Waals surface area contributed by atoms with Gasteiger partial charge in [-0.2, -0.15) is 0 Å². The smallest absolute Gasteiger partial charge is 0.326 e. The number of likely N-dealkylation sites (tertiary alicyclic amines) is 1. The molecule has 3 N–H and O–H groups in total. The molecule has 10 heteroatoms. The lowest BCUT2D eigenvalue weighted by Gasteiger charge is -2.37. The number of hydrogen-bond acceptors (Lipinski definition) is 6. The minimum absolute atomic E-state index is 0.0497. The monoisotopic (exact) mass is 501 g/mol. The van der Waals surface area contributed by atoms with Gasteiger partial charge in [-0.05, 0) is 36.0 Å². The van der Waals surface area contributed by atoms with Gasteiger partial charge in [-0.15, -0.1) is 0 Å². The molecule has 2 fully saturated rings. The normalized spacial score (nSPS) is 23.2. The number of carboxylic acid groups (broad SMARTS) is 1. The van der Waals surface area contributed by atoms with E-state index in [0.717, 1.165) is 19.3 Å². The summed E-state index contributed by atoms with van der Waals surface area (Å²) in [6, 6.07) is -2.71. The van der Waals surface area contributed by atoms with Crippen LogP contribution in [0.2, 0.25) is 0 Å². The van der Waals surface area contributed by atoms with Crippen LogP contribution < -0.4 is 10.6 Å². The van der Waals surface area contributed by atoms with Crippen LogP contribution in [0.25, 0.3) is 0 Å². The SMILES string of the molecule is CCC(CC)[C@H](NC(=O)c1cnccn1)C(=O)NC(C(=O)N1CC2CCCC2C1C(=O)O)C(C)(C)C. The third kappa shape index (κ3) is 5.84. The van der Waals surface area contributed by atoms with Crippen molar-refractivity contribution >= 4 is 23.7 Å². The molecule has 4 unspecified atom stereocenters. The number of carboxylic acids is 1. The Morgan fingerprint density at radius 1 is 1.11 bits per heavy atom. The molecule has 3 rings (SSSR count). The zero-order chi connectivity index (χ0) is 26.6. The predicted molar refractivity (Wildman–Crippen MR) is 133 cm³/mol. The molecule has 2 heterocycles. The molecule has 2 aliphatic rings. The standard InChI is InChI=1S/C26H39N5O5/c1-6-15(7-2)19(29-22(32)18-13-27-11-12-28-18)23(33)30-21(26(3,4)5)24(34)31-14-16-9-8-10-17(16)20(31)25(35)36/h11-13,15-17,19-21H,6-10,14H2,1-5H3,(H,29,32)(H,30,33)(H,35,36)/t16?,17?,19-,20?,21?/m0/s1. The molecule has 0 radical (unpaired) electrons. The van der Waals surface area contributed by atoms with Crippen LogP contribution in [0.1, 0.15) is 77.2 Å². The summed E-state index contributed by atoms with van der Waals surface area (Å²) in [7, 11) is 0. The van der Waals surface area contributed by atoms with E-state index in [1.165, 1.54) is 23.5 Å². The van der Waals surface area contributed by atoms with E-state index in [1.54, 1.807) is 0 Å². The third-order valence-corrected chi connectivity index (χ3v) is 7.71. The molecule has 36 heavy (non-hydrogen) atoms. The molecule has 0 aromatic carbocycles. The lowest BCUT2D eigenvalue weighted by molar-refractivity contribution is -0.152. The summed E-state index contributed by atoms with van der Waals surface area (Å²) in [4.78, 5) is 61.7. The van der Waals surface area contributed by atoms with Crippen molar-refractivity contribution in [2.75, 3.05) is 6.54 Å². The molecular formula is C26H39N5O5. The average molecular weight is 502 g/mol. The highest BCUT2D eigenvalue weighted by Gasteiger charge is 2.52. The van der Waals surface area contributed by atoms with E-state index < -0.39 is 41.3 Å². The molecule has 1 aliphatic carbocycles. The largest absolute Gasteiger partial charge is 0.480 e. The number of rotatable bonds is 9. The van der Waals surface area contributed by atoms with Crippen LogP contribution in [-0.2, 0) is 14.4 Å². The summed E-state index contributed by atoms with van der Waals surface area (Å²) in [6.07, 6.45) is 8.15. The summed E-state index contributed by atoms with van der Waals surface area (Å²) in [5.41, 5.74) is -0.585. The van der Waals surface area contributed by atoms with Crippen LogP contribution in [0.5, 0.6) is 0 Å². The molecule has 5 atom stereocenters. The predicted octanol–water partition coefficient (Wildman–Crippen LogP) is 2.25.